The molecule has 1 amide bonds. The van der Waals surface area contributed by atoms with Gasteiger partial charge in [-0.2, -0.15) is 0 Å². The van der Waals surface area contributed by atoms with E-state index in [0.29, 0.717) is 13.0 Å². The molecule has 3 heterocycles. The standard InChI is InChI=1S/C17H21N3O2/c18-16(21)17(13-4-2-1-3-5-13)7-6-14-10-19-8-9-22-15(19)11-20(14)12-17/h1-6,15H,7-12H2,(H2,18,21). The van der Waals surface area contributed by atoms with Gasteiger partial charge in [0.15, 0.2) is 0 Å². The monoisotopic (exact) mass is 299 g/mol. The van der Waals surface area contributed by atoms with Crippen LogP contribution in [0.1, 0.15) is 12.0 Å². The number of hydrogen-bond donors (Lipinski definition) is 1. The smallest absolute Gasteiger partial charge is 0.230 e. The molecule has 1 aromatic rings. The van der Waals surface area contributed by atoms with Gasteiger partial charge in [-0.25, -0.2) is 0 Å². The van der Waals surface area contributed by atoms with Crippen molar-refractivity contribution in [3.63, 3.8) is 0 Å². The van der Waals surface area contributed by atoms with Crippen molar-refractivity contribution < 1.29 is 9.53 Å². The van der Waals surface area contributed by atoms with E-state index in [-0.39, 0.29) is 12.1 Å². The van der Waals surface area contributed by atoms with Gasteiger partial charge in [0, 0.05) is 25.3 Å². The first-order chi connectivity index (χ1) is 10.7. The van der Waals surface area contributed by atoms with Crippen molar-refractivity contribution >= 4 is 5.91 Å². The lowest BCUT2D eigenvalue weighted by Crippen LogP contribution is -2.58. The highest BCUT2D eigenvalue weighted by Gasteiger charge is 2.45. The molecule has 3 aliphatic rings. The molecule has 22 heavy (non-hydrogen) atoms. The average Bonchev–Trinajstić information content (AvgIpc) is 3.00. The van der Waals surface area contributed by atoms with Gasteiger partial charge in [0.05, 0.1) is 18.6 Å². The van der Waals surface area contributed by atoms with Crippen LogP contribution in [0.5, 0.6) is 0 Å². The van der Waals surface area contributed by atoms with E-state index in [4.69, 9.17) is 10.5 Å². The number of ether oxygens (including phenoxy) is 1. The first kappa shape index (κ1) is 13.8. The van der Waals surface area contributed by atoms with Crippen LogP contribution in [0.4, 0.5) is 0 Å². The lowest BCUT2D eigenvalue weighted by molar-refractivity contribution is -0.125. The first-order valence-corrected chi connectivity index (χ1v) is 7.84. The molecule has 2 atom stereocenters. The minimum absolute atomic E-state index is 0.150. The van der Waals surface area contributed by atoms with E-state index in [1.165, 1.54) is 5.70 Å². The number of carbonyl (C=O) groups excluding carboxylic acids is 1. The summed E-state index contributed by atoms with van der Waals surface area (Å²) in [5.41, 5.74) is 7.50. The maximum Gasteiger partial charge on any atom is 0.230 e. The molecule has 5 nitrogen and oxygen atoms in total. The zero-order chi connectivity index (χ0) is 15.2. The number of hydrogen-bond acceptors (Lipinski definition) is 4. The van der Waals surface area contributed by atoms with Crippen LogP contribution in [-0.2, 0) is 14.9 Å². The van der Waals surface area contributed by atoms with Crippen molar-refractivity contribution in [2.45, 2.75) is 18.1 Å². The fraction of sp³-hybridized carbons (Fsp3) is 0.471. The Morgan fingerprint density at radius 1 is 1.32 bits per heavy atom. The van der Waals surface area contributed by atoms with Crippen LogP contribution in [0.25, 0.3) is 0 Å². The number of allylic oxidation sites excluding steroid dienone is 1. The molecule has 2 saturated heterocycles. The molecule has 0 radical (unpaired) electrons. The highest BCUT2D eigenvalue weighted by Crippen LogP contribution is 2.37. The Hall–Kier alpha value is -1.85. The summed E-state index contributed by atoms with van der Waals surface area (Å²) in [6.07, 6.45) is 3.02. The molecule has 0 aromatic heterocycles. The van der Waals surface area contributed by atoms with Gasteiger partial charge in [-0.15, -0.1) is 0 Å². The summed E-state index contributed by atoms with van der Waals surface area (Å²) in [6.45, 7) is 4.16. The van der Waals surface area contributed by atoms with E-state index in [1.54, 1.807) is 0 Å². The number of benzene rings is 1. The van der Waals surface area contributed by atoms with Crippen LogP contribution in [0.15, 0.2) is 42.1 Å². The summed E-state index contributed by atoms with van der Waals surface area (Å²) in [7, 11) is 0. The average molecular weight is 299 g/mol. The van der Waals surface area contributed by atoms with E-state index >= 15 is 0 Å². The van der Waals surface area contributed by atoms with Gasteiger partial charge in [0.2, 0.25) is 5.91 Å². The molecular formula is C17H21N3O2. The molecule has 2 unspecified atom stereocenters. The van der Waals surface area contributed by atoms with Crippen LogP contribution >= 0.6 is 0 Å². The third kappa shape index (κ3) is 2.04. The van der Waals surface area contributed by atoms with E-state index in [1.807, 2.05) is 30.3 Å². The zero-order valence-electron chi connectivity index (χ0n) is 12.6. The summed E-state index contributed by atoms with van der Waals surface area (Å²) in [5, 5.41) is 0. The fourth-order valence-electron chi connectivity index (χ4n) is 3.85. The van der Waals surface area contributed by atoms with E-state index in [0.717, 1.165) is 31.8 Å². The Labute approximate surface area is 130 Å². The van der Waals surface area contributed by atoms with Gasteiger partial charge in [0.1, 0.15) is 6.23 Å². The second-order valence-electron chi connectivity index (χ2n) is 6.39. The molecule has 0 aliphatic carbocycles. The number of nitrogens with zero attached hydrogens (tertiary/aromatic N) is 2. The maximum absolute atomic E-state index is 12.3. The molecular weight excluding hydrogens is 278 g/mol. The third-order valence-corrected chi connectivity index (χ3v) is 5.19. The van der Waals surface area contributed by atoms with Crippen molar-refractivity contribution in [2.75, 3.05) is 32.8 Å². The number of carbonyl (C=O) groups is 1. The molecule has 2 N–H and O–H groups in total. The molecule has 2 fully saturated rings. The summed E-state index contributed by atoms with van der Waals surface area (Å²) >= 11 is 0. The Morgan fingerprint density at radius 3 is 2.91 bits per heavy atom. The van der Waals surface area contributed by atoms with Crippen molar-refractivity contribution in [1.82, 2.24) is 9.80 Å². The minimum atomic E-state index is -0.633. The van der Waals surface area contributed by atoms with Crippen LogP contribution < -0.4 is 5.73 Å². The summed E-state index contributed by atoms with van der Waals surface area (Å²) < 4.78 is 5.78. The van der Waals surface area contributed by atoms with Gasteiger partial charge in [-0.1, -0.05) is 36.4 Å². The van der Waals surface area contributed by atoms with Crippen molar-refractivity contribution in [1.29, 1.82) is 0 Å². The molecule has 0 saturated carbocycles. The Balaban J connectivity index is 1.68. The molecule has 4 rings (SSSR count). The lowest BCUT2D eigenvalue weighted by atomic mass is 9.74. The van der Waals surface area contributed by atoms with Crippen LogP contribution in [0.2, 0.25) is 0 Å². The predicted octanol–water partition coefficient (Wildman–Crippen LogP) is 0.671. The highest BCUT2D eigenvalue weighted by molar-refractivity contribution is 5.87. The van der Waals surface area contributed by atoms with Crippen LogP contribution in [-0.4, -0.2) is 54.7 Å². The fourth-order valence-corrected chi connectivity index (χ4v) is 3.85. The van der Waals surface area contributed by atoms with Crippen molar-refractivity contribution in [2.24, 2.45) is 5.73 Å². The van der Waals surface area contributed by atoms with Crippen molar-refractivity contribution in [3.8, 4) is 0 Å². The van der Waals surface area contributed by atoms with Gasteiger partial charge in [-0.3, -0.25) is 9.69 Å². The first-order valence-electron chi connectivity index (χ1n) is 7.84. The van der Waals surface area contributed by atoms with E-state index in [2.05, 4.69) is 15.9 Å². The quantitative estimate of drug-likeness (QED) is 0.872. The van der Waals surface area contributed by atoms with Crippen LogP contribution in [0.3, 0.4) is 0 Å². The topological polar surface area (TPSA) is 58.8 Å². The van der Waals surface area contributed by atoms with Gasteiger partial charge in [0.25, 0.3) is 0 Å². The largest absolute Gasteiger partial charge is 0.369 e. The number of nitrogens with two attached hydrogens (primary N) is 1. The molecule has 1 aromatic carbocycles. The van der Waals surface area contributed by atoms with Crippen LogP contribution in [0, 0.1) is 0 Å². The molecule has 116 valence electrons. The summed E-state index contributed by atoms with van der Waals surface area (Å²) in [5.74, 6) is -0.247. The summed E-state index contributed by atoms with van der Waals surface area (Å²) in [4.78, 5) is 17.0. The summed E-state index contributed by atoms with van der Waals surface area (Å²) in [6, 6.07) is 9.92. The Morgan fingerprint density at radius 2 is 2.14 bits per heavy atom. The molecule has 0 bridgehead atoms. The highest BCUT2D eigenvalue weighted by atomic mass is 16.5. The van der Waals surface area contributed by atoms with Gasteiger partial charge < -0.3 is 15.4 Å². The number of primary amides is 1. The minimum Gasteiger partial charge on any atom is -0.369 e. The number of rotatable bonds is 2. The Kier molecular flexibility index (Phi) is 3.20. The maximum atomic E-state index is 12.3. The van der Waals surface area contributed by atoms with Crippen molar-refractivity contribution in [3.05, 3.63) is 47.7 Å². The second-order valence-corrected chi connectivity index (χ2v) is 6.39. The number of fused-ring (bicyclic) bond motifs is 2. The van der Waals surface area contributed by atoms with Gasteiger partial charge >= 0.3 is 0 Å². The normalized spacial score (nSPS) is 31.4. The SMILES string of the molecule is NC(=O)C1(c2ccccc2)CC=C2CN3CCOC3CN2C1. The lowest BCUT2D eigenvalue weighted by Gasteiger charge is -2.47. The number of piperazine rings is 1. The molecule has 5 heteroatoms. The second kappa shape index (κ2) is 5.11. The Bertz CT molecular complexity index is 616. The van der Waals surface area contributed by atoms with Gasteiger partial charge in [-0.05, 0) is 12.0 Å². The molecule has 0 spiro atoms. The molecule has 3 aliphatic heterocycles. The number of amides is 1. The zero-order valence-corrected chi connectivity index (χ0v) is 12.6. The third-order valence-electron chi connectivity index (χ3n) is 5.19. The predicted molar refractivity (Wildman–Crippen MR) is 82.9 cm³/mol. The van der Waals surface area contributed by atoms with E-state index < -0.39 is 5.41 Å². The van der Waals surface area contributed by atoms with E-state index in [9.17, 15) is 4.79 Å².